The zero-order chi connectivity index (χ0) is 12.8. The molecule has 2 rings (SSSR count). The Balaban J connectivity index is 2.55. The van der Waals surface area contributed by atoms with E-state index in [2.05, 4.69) is 0 Å². The number of carbonyl (C=O) groups is 2. The number of rotatable bonds is 1. The second kappa shape index (κ2) is 3.55. The van der Waals surface area contributed by atoms with E-state index < -0.39 is 23.0 Å². The van der Waals surface area contributed by atoms with E-state index in [0.29, 0.717) is 0 Å². The first-order valence-electron chi connectivity index (χ1n) is 5.26. The summed E-state index contributed by atoms with van der Waals surface area (Å²) in [4.78, 5) is 24.7. The Labute approximate surface area is 98.2 Å². The van der Waals surface area contributed by atoms with Crippen molar-refractivity contribution in [2.24, 2.45) is 5.41 Å². The van der Waals surface area contributed by atoms with Crippen molar-refractivity contribution in [1.29, 1.82) is 0 Å². The molecule has 0 spiro atoms. The van der Waals surface area contributed by atoms with Crippen LogP contribution in [-0.4, -0.2) is 11.8 Å². The van der Waals surface area contributed by atoms with Crippen molar-refractivity contribution in [1.82, 2.24) is 0 Å². The third kappa shape index (κ3) is 1.67. The van der Waals surface area contributed by atoms with Gasteiger partial charge in [-0.2, -0.15) is 0 Å². The summed E-state index contributed by atoms with van der Waals surface area (Å²) in [6.45, 7) is 3.31. The van der Waals surface area contributed by atoms with Crippen molar-refractivity contribution in [3.05, 3.63) is 24.0 Å². The Morgan fingerprint density at radius 2 is 2.00 bits per heavy atom. The Morgan fingerprint density at radius 3 is 2.47 bits per heavy atom. The minimum absolute atomic E-state index is 0.0691. The SMILES string of the molecule is CC1(C)CC(=O)N(c2c(N)cccc2F)C1=O. The fraction of sp³-hybridized carbons (Fsp3) is 0.333. The van der Waals surface area contributed by atoms with E-state index in [1.165, 1.54) is 18.2 Å². The summed E-state index contributed by atoms with van der Waals surface area (Å²) in [6.07, 6.45) is 0.0691. The highest BCUT2D eigenvalue weighted by molar-refractivity contribution is 6.23. The first-order valence-corrected chi connectivity index (χ1v) is 5.26. The molecule has 0 radical (unpaired) electrons. The lowest BCUT2D eigenvalue weighted by atomic mass is 9.92. The van der Waals surface area contributed by atoms with Crippen LogP contribution in [0.1, 0.15) is 20.3 Å². The number of halogens is 1. The smallest absolute Gasteiger partial charge is 0.240 e. The van der Waals surface area contributed by atoms with Crippen LogP contribution in [0.5, 0.6) is 0 Å². The molecule has 1 aliphatic rings. The van der Waals surface area contributed by atoms with Crippen molar-refractivity contribution in [3.8, 4) is 0 Å². The van der Waals surface area contributed by atoms with Crippen LogP contribution in [0, 0.1) is 11.2 Å². The minimum atomic E-state index is -0.800. The topological polar surface area (TPSA) is 63.4 Å². The van der Waals surface area contributed by atoms with E-state index in [1.54, 1.807) is 13.8 Å². The lowest BCUT2D eigenvalue weighted by Gasteiger charge is -2.19. The minimum Gasteiger partial charge on any atom is -0.397 e. The molecule has 1 heterocycles. The van der Waals surface area contributed by atoms with Gasteiger partial charge in [-0.3, -0.25) is 9.59 Å². The molecule has 17 heavy (non-hydrogen) atoms. The molecule has 1 aromatic rings. The molecule has 5 heteroatoms. The molecule has 0 aromatic heterocycles. The Hall–Kier alpha value is -1.91. The fourth-order valence-corrected chi connectivity index (χ4v) is 1.94. The van der Waals surface area contributed by atoms with Crippen LogP contribution in [0.25, 0.3) is 0 Å². The quantitative estimate of drug-likeness (QED) is 0.596. The molecule has 0 unspecified atom stereocenters. The summed E-state index contributed by atoms with van der Waals surface area (Å²) in [7, 11) is 0. The molecule has 90 valence electrons. The van der Waals surface area contributed by atoms with Crippen LogP contribution in [0.2, 0.25) is 0 Å². The molecule has 1 fully saturated rings. The van der Waals surface area contributed by atoms with Gasteiger partial charge in [0.15, 0.2) is 0 Å². The van der Waals surface area contributed by atoms with Crippen LogP contribution in [0.15, 0.2) is 18.2 Å². The third-order valence-corrected chi connectivity index (χ3v) is 2.87. The number of anilines is 2. The fourth-order valence-electron chi connectivity index (χ4n) is 1.94. The van der Waals surface area contributed by atoms with Gasteiger partial charge in [-0.25, -0.2) is 9.29 Å². The van der Waals surface area contributed by atoms with Gasteiger partial charge in [0.25, 0.3) is 0 Å². The highest BCUT2D eigenvalue weighted by Crippen LogP contribution is 2.38. The van der Waals surface area contributed by atoms with E-state index in [-0.39, 0.29) is 17.8 Å². The maximum Gasteiger partial charge on any atom is 0.240 e. The number of hydrogen-bond donors (Lipinski definition) is 1. The first kappa shape index (κ1) is 11.6. The molecular formula is C12H13FN2O2. The van der Waals surface area contributed by atoms with Crippen LogP contribution >= 0.6 is 0 Å². The Kier molecular flexibility index (Phi) is 2.41. The largest absolute Gasteiger partial charge is 0.397 e. The highest BCUT2D eigenvalue weighted by atomic mass is 19.1. The maximum atomic E-state index is 13.7. The predicted octanol–water partition coefficient (Wildman–Crippen LogP) is 1.70. The van der Waals surface area contributed by atoms with Crippen LogP contribution in [-0.2, 0) is 9.59 Å². The van der Waals surface area contributed by atoms with E-state index in [4.69, 9.17) is 5.73 Å². The van der Waals surface area contributed by atoms with Gasteiger partial charge in [-0.1, -0.05) is 19.9 Å². The number of hydrogen-bond acceptors (Lipinski definition) is 3. The zero-order valence-electron chi connectivity index (χ0n) is 9.66. The second-order valence-corrected chi connectivity index (χ2v) is 4.77. The monoisotopic (exact) mass is 236 g/mol. The average Bonchev–Trinajstić information content (AvgIpc) is 2.39. The molecule has 1 aliphatic heterocycles. The van der Waals surface area contributed by atoms with Crippen molar-refractivity contribution < 1.29 is 14.0 Å². The van der Waals surface area contributed by atoms with Crippen molar-refractivity contribution in [2.75, 3.05) is 10.6 Å². The molecule has 1 saturated heterocycles. The summed E-state index contributed by atoms with van der Waals surface area (Å²) in [5, 5.41) is 0. The van der Waals surface area contributed by atoms with Gasteiger partial charge in [0.1, 0.15) is 11.5 Å². The molecule has 0 bridgehead atoms. The van der Waals surface area contributed by atoms with Gasteiger partial charge >= 0.3 is 0 Å². The van der Waals surface area contributed by atoms with Gasteiger partial charge in [0.2, 0.25) is 11.8 Å². The Bertz CT molecular complexity index is 491. The first-order chi connectivity index (χ1) is 7.84. The highest BCUT2D eigenvalue weighted by Gasteiger charge is 2.46. The number of nitrogens with two attached hydrogens (primary N) is 1. The molecule has 0 aliphatic carbocycles. The Morgan fingerprint density at radius 1 is 1.35 bits per heavy atom. The number of para-hydroxylation sites is 1. The molecule has 1 aromatic carbocycles. The van der Waals surface area contributed by atoms with Gasteiger partial charge in [0.05, 0.1) is 11.1 Å². The van der Waals surface area contributed by atoms with Crippen LogP contribution < -0.4 is 10.6 Å². The number of carbonyl (C=O) groups excluding carboxylic acids is 2. The normalized spacial score (nSPS) is 18.9. The lowest BCUT2D eigenvalue weighted by Crippen LogP contribution is -2.34. The maximum absolute atomic E-state index is 13.7. The van der Waals surface area contributed by atoms with Crippen molar-refractivity contribution >= 4 is 23.2 Å². The van der Waals surface area contributed by atoms with E-state index >= 15 is 0 Å². The van der Waals surface area contributed by atoms with Crippen LogP contribution in [0.4, 0.5) is 15.8 Å². The third-order valence-electron chi connectivity index (χ3n) is 2.87. The summed E-state index contributed by atoms with van der Waals surface area (Å²) in [5.74, 6) is -1.50. The number of amides is 2. The average molecular weight is 236 g/mol. The molecule has 4 nitrogen and oxygen atoms in total. The molecule has 0 saturated carbocycles. The van der Waals surface area contributed by atoms with Gasteiger partial charge < -0.3 is 5.73 Å². The summed E-state index contributed by atoms with van der Waals surface area (Å²) in [5.41, 5.74) is 4.78. The molecule has 0 atom stereocenters. The van der Waals surface area contributed by atoms with Crippen molar-refractivity contribution in [3.63, 3.8) is 0 Å². The van der Waals surface area contributed by atoms with Gasteiger partial charge in [0, 0.05) is 6.42 Å². The predicted molar refractivity (Wildman–Crippen MR) is 61.7 cm³/mol. The second-order valence-electron chi connectivity index (χ2n) is 4.77. The number of imide groups is 1. The van der Waals surface area contributed by atoms with Crippen LogP contribution in [0.3, 0.4) is 0 Å². The molecular weight excluding hydrogens is 223 g/mol. The van der Waals surface area contributed by atoms with Gasteiger partial charge in [-0.15, -0.1) is 0 Å². The number of nitrogen functional groups attached to an aromatic ring is 1. The summed E-state index contributed by atoms with van der Waals surface area (Å²) >= 11 is 0. The molecule has 2 N–H and O–H groups in total. The summed E-state index contributed by atoms with van der Waals surface area (Å²) in [6, 6.07) is 4.08. The van der Waals surface area contributed by atoms with E-state index in [0.717, 1.165) is 4.90 Å². The zero-order valence-corrected chi connectivity index (χ0v) is 9.66. The summed E-state index contributed by atoms with van der Waals surface area (Å²) < 4.78 is 13.7. The number of benzene rings is 1. The van der Waals surface area contributed by atoms with Crippen molar-refractivity contribution in [2.45, 2.75) is 20.3 Å². The van der Waals surface area contributed by atoms with E-state index in [9.17, 15) is 14.0 Å². The lowest BCUT2D eigenvalue weighted by molar-refractivity contribution is -0.124. The van der Waals surface area contributed by atoms with Gasteiger partial charge in [-0.05, 0) is 12.1 Å². The standard InChI is InChI=1S/C12H13FN2O2/c1-12(2)6-9(16)15(11(12)17)10-7(13)4-3-5-8(10)14/h3-5H,6,14H2,1-2H3. The molecule has 2 amide bonds. The number of nitrogens with zero attached hydrogens (tertiary/aromatic N) is 1. The van der Waals surface area contributed by atoms with E-state index in [1.807, 2.05) is 0 Å².